The van der Waals surface area contributed by atoms with Gasteiger partial charge in [0.25, 0.3) is 0 Å². The Morgan fingerprint density at radius 3 is 2.57 bits per heavy atom. The Balaban J connectivity index is 1.65. The van der Waals surface area contributed by atoms with Crippen LogP contribution in [0.15, 0.2) is 23.4 Å². The number of carbonyl (C=O) groups excluding carboxylic acids is 1. The normalized spacial score (nSPS) is 20.0. The molecule has 0 bridgehead atoms. The summed E-state index contributed by atoms with van der Waals surface area (Å²) in [5.74, 6) is -0.245. The van der Waals surface area contributed by atoms with E-state index in [1.165, 1.54) is 19.2 Å². The summed E-state index contributed by atoms with van der Waals surface area (Å²) in [6.07, 6.45) is 12.2. The third-order valence-corrected chi connectivity index (χ3v) is 6.31. The molecule has 0 amide bonds. The van der Waals surface area contributed by atoms with Gasteiger partial charge in [-0.3, -0.25) is 4.79 Å². The summed E-state index contributed by atoms with van der Waals surface area (Å²) in [4.78, 5) is 11.1. The molecule has 1 fully saturated rings. The Morgan fingerprint density at radius 1 is 1.10 bits per heavy atom. The molecule has 1 saturated carbocycles. The number of hydrogen-bond acceptors (Lipinski definition) is 4. The fourth-order valence-corrected chi connectivity index (χ4v) is 4.58. The monoisotopic (exact) mass is 423 g/mol. The first-order valence-corrected chi connectivity index (χ1v) is 11.3. The van der Waals surface area contributed by atoms with Crippen molar-refractivity contribution >= 4 is 11.7 Å². The van der Waals surface area contributed by atoms with Crippen LogP contribution in [0.2, 0.25) is 0 Å². The van der Waals surface area contributed by atoms with Gasteiger partial charge in [-0.1, -0.05) is 43.3 Å². The average molecular weight is 424 g/mol. The molecule has 0 aromatic heterocycles. The van der Waals surface area contributed by atoms with Crippen molar-refractivity contribution in [3.8, 4) is 0 Å². The van der Waals surface area contributed by atoms with Crippen molar-refractivity contribution in [1.82, 2.24) is 0 Å². The zero-order valence-corrected chi connectivity index (χ0v) is 18.0. The molecule has 30 heavy (non-hydrogen) atoms. The highest BCUT2D eigenvalue weighted by Gasteiger charge is 2.32. The van der Waals surface area contributed by atoms with Crippen LogP contribution in [0, 0.1) is 23.5 Å². The van der Waals surface area contributed by atoms with Crippen molar-refractivity contribution in [1.29, 1.82) is 0 Å². The van der Waals surface area contributed by atoms with Crippen LogP contribution in [-0.4, -0.2) is 24.0 Å². The van der Waals surface area contributed by atoms with E-state index in [2.05, 4.69) is 9.89 Å². The number of unbranched alkanes of at least 4 members (excludes halogenated alkanes) is 5. The number of methoxy groups -OCH3 is 1. The van der Waals surface area contributed by atoms with Gasteiger partial charge < -0.3 is 9.94 Å². The van der Waals surface area contributed by atoms with Gasteiger partial charge in [-0.25, -0.2) is 8.78 Å². The minimum atomic E-state index is -0.539. The Kier molecular flexibility index (Phi) is 10.8. The summed E-state index contributed by atoms with van der Waals surface area (Å²) in [6, 6.07) is 3.78. The van der Waals surface area contributed by atoms with Gasteiger partial charge in [-0.2, -0.15) is 0 Å². The molecule has 1 N–H and O–H groups in total. The third kappa shape index (κ3) is 8.04. The molecule has 0 aliphatic heterocycles. The van der Waals surface area contributed by atoms with Crippen molar-refractivity contribution in [2.45, 2.75) is 83.5 Å². The van der Waals surface area contributed by atoms with E-state index < -0.39 is 11.6 Å². The molecule has 2 rings (SSSR count). The van der Waals surface area contributed by atoms with Crippen molar-refractivity contribution in [3.05, 3.63) is 35.4 Å². The first-order valence-electron chi connectivity index (χ1n) is 11.3. The van der Waals surface area contributed by atoms with E-state index in [0.29, 0.717) is 30.2 Å². The van der Waals surface area contributed by atoms with E-state index in [-0.39, 0.29) is 5.97 Å². The van der Waals surface area contributed by atoms with Crippen molar-refractivity contribution in [2.75, 3.05) is 7.11 Å². The van der Waals surface area contributed by atoms with Gasteiger partial charge in [-0.05, 0) is 62.5 Å². The molecule has 1 aromatic carbocycles. The van der Waals surface area contributed by atoms with E-state index in [9.17, 15) is 18.8 Å². The van der Waals surface area contributed by atoms with Crippen LogP contribution in [0.5, 0.6) is 0 Å². The summed E-state index contributed by atoms with van der Waals surface area (Å²) >= 11 is 0. The lowest BCUT2D eigenvalue weighted by molar-refractivity contribution is -0.140. The first-order chi connectivity index (χ1) is 14.5. The van der Waals surface area contributed by atoms with E-state index in [1.807, 2.05) is 0 Å². The highest BCUT2D eigenvalue weighted by Crippen LogP contribution is 2.37. The molecule has 168 valence electrons. The molecule has 2 atom stereocenters. The van der Waals surface area contributed by atoms with Crippen LogP contribution in [0.1, 0.15) is 82.6 Å². The molecule has 0 spiro atoms. The second-order valence-electron chi connectivity index (χ2n) is 8.36. The lowest BCUT2D eigenvalue weighted by Crippen LogP contribution is -2.15. The predicted octanol–water partition coefficient (Wildman–Crippen LogP) is 6.44. The molecule has 1 aliphatic rings. The van der Waals surface area contributed by atoms with Gasteiger partial charge in [0.1, 0.15) is 11.6 Å². The number of ether oxygens (including phenoxy) is 1. The van der Waals surface area contributed by atoms with Crippen LogP contribution in [0.4, 0.5) is 8.78 Å². The Labute approximate surface area is 178 Å². The van der Waals surface area contributed by atoms with Gasteiger partial charge in [0.15, 0.2) is 0 Å². The molecule has 0 unspecified atom stereocenters. The number of esters is 1. The van der Waals surface area contributed by atoms with E-state index in [4.69, 9.17) is 0 Å². The topological polar surface area (TPSA) is 58.9 Å². The Hall–Kier alpha value is -1.98. The maximum atomic E-state index is 13.7. The number of aryl methyl sites for hydroxylation is 1. The zero-order valence-electron chi connectivity index (χ0n) is 18.0. The lowest BCUT2D eigenvalue weighted by Gasteiger charge is -2.19. The lowest BCUT2D eigenvalue weighted by atomic mass is 9.86. The molecule has 1 aromatic rings. The van der Waals surface area contributed by atoms with Crippen molar-refractivity contribution in [3.63, 3.8) is 0 Å². The van der Waals surface area contributed by atoms with Crippen molar-refractivity contribution < 1.29 is 23.5 Å². The second kappa shape index (κ2) is 13.3. The SMILES string of the molecule is COC(=O)CCCCCC[C@H]1CC/C(=N/O)[C@@H]1CCCCCc1ccc(F)cc1F. The van der Waals surface area contributed by atoms with Crippen LogP contribution in [0.3, 0.4) is 0 Å². The minimum absolute atomic E-state index is 0.142. The molecule has 1 aliphatic carbocycles. The fourth-order valence-electron chi connectivity index (χ4n) is 4.58. The first kappa shape index (κ1) is 24.3. The van der Waals surface area contributed by atoms with Crippen molar-refractivity contribution in [2.24, 2.45) is 17.0 Å². The maximum absolute atomic E-state index is 13.7. The zero-order chi connectivity index (χ0) is 21.8. The quantitative estimate of drug-likeness (QED) is 0.172. The number of hydrogen-bond donors (Lipinski definition) is 1. The minimum Gasteiger partial charge on any atom is -0.469 e. The number of halogens is 2. The van der Waals surface area contributed by atoms with E-state index in [1.54, 1.807) is 0 Å². The van der Waals surface area contributed by atoms with Gasteiger partial charge in [0.2, 0.25) is 0 Å². The second-order valence-corrected chi connectivity index (χ2v) is 8.36. The van der Waals surface area contributed by atoms with Gasteiger partial charge in [0, 0.05) is 18.4 Å². The number of oxime groups is 1. The Bertz CT molecular complexity index is 693. The number of benzene rings is 1. The highest BCUT2D eigenvalue weighted by atomic mass is 19.1. The fraction of sp³-hybridized carbons (Fsp3) is 0.667. The average Bonchev–Trinajstić information content (AvgIpc) is 3.13. The third-order valence-electron chi connectivity index (χ3n) is 6.31. The summed E-state index contributed by atoms with van der Waals surface area (Å²) in [6.45, 7) is 0. The Morgan fingerprint density at radius 2 is 1.83 bits per heavy atom. The smallest absolute Gasteiger partial charge is 0.305 e. The summed E-state index contributed by atoms with van der Waals surface area (Å²) in [7, 11) is 1.42. The molecule has 4 nitrogen and oxygen atoms in total. The van der Waals surface area contributed by atoms with Gasteiger partial charge >= 0.3 is 5.97 Å². The largest absolute Gasteiger partial charge is 0.469 e. The molecule has 0 radical (unpaired) electrons. The van der Waals surface area contributed by atoms with E-state index in [0.717, 1.165) is 82.4 Å². The van der Waals surface area contributed by atoms with Crippen LogP contribution >= 0.6 is 0 Å². The summed E-state index contributed by atoms with van der Waals surface area (Å²) < 4.78 is 31.3. The molecule has 0 saturated heterocycles. The molecule has 6 heteroatoms. The molecular formula is C24H35F2NO3. The number of rotatable bonds is 13. The van der Waals surface area contributed by atoms with E-state index >= 15 is 0 Å². The van der Waals surface area contributed by atoms with Gasteiger partial charge in [0.05, 0.1) is 12.8 Å². The van der Waals surface area contributed by atoms with Crippen LogP contribution in [0.25, 0.3) is 0 Å². The predicted molar refractivity (Wildman–Crippen MR) is 114 cm³/mol. The highest BCUT2D eigenvalue weighted by molar-refractivity contribution is 5.88. The summed E-state index contributed by atoms with van der Waals surface area (Å²) in [5.41, 5.74) is 1.50. The standard InChI is InChI=1S/C24H35F2NO3/c1-30-24(28)12-8-3-2-5-9-18-14-16-23(27-29)21(18)11-7-4-6-10-19-13-15-20(25)17-22(19)26/h13,15,17-18,21,29H,2-12,14,16H2,1H3/b27-23-/t18-,21+/m0/s1. The number of nitrogens with zero attached hydrogens (tertiary/aromatic N) is 1. The van der Waals surface area contributed by atoms with Crippen LogP contribution in [-0.2, 0) is 16.0 Å². The molecular weight excluding hydrogens is 388 g/mol. The molecule has 0 heterocycles. The van der Waals surface area contributed by atoms with Gasteiger partial charge in [-0.15, -0.1) is 0 Å². The summed E-state index contributed by atoms with van der Waals surface area (Å²) in [5, 5.41) is 12.9. The number of carbonyl (C=O) groups is 1. The maximum Gasteiger partial charge on any atom is 0.305 e. The van der Waals surface area contributed by atoms with Crippen LogP contribution < -0.4 is 0 Å².